The van der Waals surface area contributed by atoms with E-state index >= 15 is 0 Å². The molecular weight excluding hydrogens is 601 g/mol. The summed E-state index contributed by atoms with van der Waals surface area (Å²) in [6.45, 7) is 0. The van der Waals surface area contributed by atoms with E-state index in [2.05, 4.69) is 107 Å². The Bertz CT molecular complexity index is 2800. The van der Waals surface area contributed by atoms with E-state index in [9.17, 15) is 0 Å². The maximum atomic E-state index is 6.23. The van der Waals surface area contributed by atoms with Gasteiger partial charge in [-0.2, -0.15) is 0 Å². The minimum Gasteiger partial charge on any atom is -0.456 e. The molecule has 1 aliphatic heterocycles. The third-order valence-electron chi connectivity index (χ3n) is 9.61. The molecule has 1 N–H and O–H groups in total. The van der Waals surface area contributed by atoms with Gasteiger partial charge in [-0.05, 0) is 67.9 Å². The highest BCUT2D eigenvalue weighted by atomic mass is 16.3. The number of nitrogens with one attached hydrogen (secondary N) is 1. The third kappa shape index (κ3) is 4.51. The molecule has 2 aromatic heterocycles. The zero-order valence-electron chi connectivity index (χ0n) is 26.3. The summed E-state index contributed by atoms with van der Waals surface area (Å²) in [6.07, 6.45) is 3.41. The lowest BCUT2D eigenvalue weighted by Crippen LogP contribution is -2.36. The fraction of sp³-hybridized carbons (Fsp3) is 0.0227. The maximum Gasteiger partial charge on any atom is 0.169 e. The molecular formula is C44H28N4O. The molecule has 0 spiro atoms. The molecule has 0 saturated heterocycles. The average Bonchev–Trinajstić information content (AvgIpc) is 3.57. The molecule has 3 heterocycles. The van der Waals surface area contributed by atoms with Gasteiger partial charge in [-0.15, -0.1) is 0 Å². The van der Waals surface area contributed by atoms with Crippen LogP contribution in [-0.4, -0.2) is 16.7 Å². The molecule has 0 fully saturated rings. The monoisotopic (exact) mass is 628 g/mol. The second-order valence-corrected chi connectivity index (χ2v) is 12.4. The average molecular weight is 629 g/mol. The number of hydrogen-bond acceptors (Lipinski definition) is 5. The van der Waals surface area contributed by atoms with Gasteiger partial charge in [0, 0.05) is 39.7 Å². The number of aliphatic imine (C=N–C) groups is 2. The number of fused-ring (bicyclic) bond motifs is 8. The van der Waals surface area contributed by atoms with Gasteiger partial charge in [-0.1, -0.05) is 121 Å². The molecule has 0 saturated carbocycles. The van der Waals surface area contributed by atoms with Crippen molar-refractivity contribution in [2.45, 2.75) is 6.17 Å². The number of amidine groups is 2. The predicted molar refractivity (Wildman–Crippen MR) is 201 cm³/mol. The lowest BCUT2D eigenvalue weighted by Gasteiger charge is -2.23. The number of hydrogen-bond donors (Lipinski definition) is 1. The predicted octanol–water partition coefficient (Wildman–Crippen LogP) is 10.6. The molecule has 9 aromatic rings. The van der Waals surface area contributed by atoms with Crippen LogP contribution < -0.4 is 5.32 Å². The zero-order chi connectivity index (χ0) is 32.3. The molecule has 1 atom stereocenters. The largest absolute Gasteiger partial charge is 0.456 e. The van der Waals surface area contributed by atoms with E-state index in [4.69, 9.17) is 14.4 Å². The quantitative estimate of drug-likeness (QED) is 0.197. The van der Waals surface area contributed by atoms with Crippen molar-refractivity contribution < 1.29 is 4.42 Å². The maximum absolute atomic E-state index is 6.23. The molecule has 0 aliphatic carbocycles. The summed E-state index contributed by atoms with van der Waals surface area (Å²) in [5.74, 6) is 1.54. The molecule has 0 bridgehead atoms. The van der Waals surface area contributed by atoms with Crippen molar-refractivity contribution in [1.29, 1.82) is 0 Å². The van der Waals surface area contributed by atoms with Crippen molar-refractivity contribution in [2.75, 3.05) is 0 Å². The number of para-hydroxylation sites is 1. The first-order valence-electron chi connectivity index (χ1n) is 16.5. The van der Waals surface area contributed by atoms with E-state index in [1.54, 1.807) is 0 Å². The first-order chi connectivity index (χ1) is 24.3. The summed E-state index contributed by atoms with van der Waals surface area (Å²) >= 11 is 0. The standard InChI is InChI=1S/C44H28N4O/c1-2-9-29(10-3-1)42-46-43(48-44(47-42)35-14-8-16-39-41(35)34-13-6-7-15-38(34)49-39)30-19-17-27(18-20-30)36-25-31-11-4-5-12-32(31)33-22-21-28-23-24-45-26-37(28)40(33)36/h1-26,43H,(H,46,47,48). The molecule has 1 aliphatic rings. The van der Waals surface area contributed by atoms with Crippen LogP contribution in [0.2, 0.25) is 0 Å². The lowest BCUT2D eigenvalue weighted by molar-refractivity contribution is 0.669. The van der Waals surface area contributed by atoms with Crippen LogP contribution in [0.25, 0.3) is 65.4 Å². The summed E-state index contributed by atoms with van der Waals surface area (Å²) in [7, 11) is 0. The van der Waals surface area contributed by atoms with Crippen molar-refractivity contribution in [3.63, 3.8) is 0 Å². The minimum absolute atomic E-state index is 0.438. The number of nitrogens with zero attached hydrogens (tertiary/aromatic N) is 3. The van der Waals surface area contributed by atoms with E-state index in [0.717, 1.165) is 61.2 Å². The summed E-state index contributed by atoms with van der Waals surface area (Å²) in [5, 5.41) is 12.9. The molecule has 0 amide bonds. The molecule has 5 nitrogen and oxygen atoms in total. The lowest BCUT2D eigenvalue weighted by atomic mass is 9.90. The van der Waals surface area contributed by atoms with E-state index in [0.29, 0.717) is 0 Å². The SMILES string of the molecule is c1ccc(C2=NC(c3ccc(-c4cc5ccccc5c5ccc6ccncc6c45)cc3)N=C(c3cccc4oc5ccccc5c34)N2)cc1. The molecule has 0 radical (unpaired) electrons. The Morgan fingerprint density at radius 2 is 1.27 bits per heavy atom. The molecule has 5 heteroatoms. The topological polar surface area (TPSA) is 62.8 Å². The number of rotatable bonds is 4. The fourth-order valence-electron chi connectivity index (χ4n) is 7.28. The molecule has 10 rings (SSSR count). The zero-order valence-corrected chi connectivity index (χ0v) is 26.3. The minimum atomic E-state index is -0.438. The Balaban J connectivity index is 1.13. The summed E-state index contributed by atoms with van der Waals surface area (Å²) in [5.41, 5.74) is 7.00. The third-order valence-corrected chi connectivity index (χ3v) is 9.61. The van der Waals surface area contributed by atoms with Gasteiger partial charge in [0.25, 0.3) is 0 Å². The molecule has 49 heavy (non-hydrogen) atoms. The summed E-state index contributed by atoms with van der Waals surface area (Å²) in [6, 6.07) is 50.7. The van der Waals surface area contributed by atoms with Gasteiger partial charge in [0.1, 0.15) is 22.8 Å². The van der Waals surface area contributed by atoms with Crippen LogP contribution in [0.3, 0.4) is 0 Å². The van der Waals surface area contributed by atoms with Crippen LogP contribution in [0.5, 0.6) is 0 Å². The fourth-order valence-corrected chi connectivity index (χ4v) is 7.28. The Morgan fingerprint density at radius 1 is 0.490 bits per heavy atom. The van der Waals surface area contributed by atoms with Crippen LogP contribution in [0.15, 0.2) is 172 Å². The Hall–Kier alpha value is -6.59. The molecule has 7 aromatic carbocycles. The van der Waals surface area contributed by atoms with Crippen molar-refractivity contribution in [2.24, 2.45) is 9.98 Å². The first kappa shape index (κ1) is 27.5. The second kappa shape index (κ2) is 11.0. The first-order valence-corrected chi connectivity index (χ1v) is 16.5. The molecule has 230 valence electrons. The highest BCUT2D eigenvalue weighted by Crippen LogP contribution is 2.40. The summed E-state index contributed by atoms with van der Waals surface area (Å²) in [4.78, 5) is 14.9. The number of pyridine rings is 1. The molecule has 1 unspecified atom stereocenters. The van der Waals surface area contributed by atoms with Crippen LogP contribution in [0.4, 0.5) is 0 Å². The second-order valence-electron chi connectivity index (χ2n) is 12.4. The van der Waals surface area contributed by atoms with Gasteiger partial charge in [-0.25, -0.2) is 9.98 Å². The van der Waals surface area contributed by atoms with Gasteiger partial charge in [0.15, 0.2) is 6.17 Å². The van der Waals surface area contributed by atoms with Crippen molar-refractivity contribution in [3.8, 4) is 11.1 Å². The van der Waals surface area contributed by atoms with E-state index in [1.807, 2.05) is 60.9 Å². The number of furan rings is 1. The smallest absolute Gasteiger partial charge is 0.169 e. The Labute approximate surface area is 281 Å². The Kier molecular flexibility index (Phi) is 6.18. The highest BCUT2D eigenvalue weighted by Gasteiger charge is 2.23. The van der Waals surface area contributed by atoms with Gasteiger partial charge in [0.2, 0.25) is 0 Å². The van der Waals surface area contributed by atoms with Crippen LogP contribution >= 0.6 is 0 Å². The van der Waals surface area contributed by atoms with Gasteiger partial charge in [0.05, 0.1) is 0 Å². The number of benzene rings is 7. The van der Waals surface area contributed by atoms with Crippen molar-refractivity contribution in [1.82, 2.24) is 10.3 Å². The van der Waals surface area contributed by atoms with Gasteiger partial charge >= 0.3 is 0 Å². The summed E-state index contributed by atoms with van der Waals surface area (Å²) < 4.78 is 6.23. The number of aromatic nitrogens is 1. The van der Waals surface area contributed by atoms with Crippen molar-refractivity contribution in [3.05, 3.63) is 175 Å². The van der Waals surface area contributed by atoms with Crippen LogP contribution in [0.1, 0.15) is 22.9 Å². The van der Waals surface area contributed by atoms with Crippen LogP contribution in [0, 0.1) is 0 Å². The Morgan fingerprint density at radius 3 is 2.16 bits per heavy atom. The van der Waals surface area contributed by atoms with Gasteiger partial charge < -0.3 is 9.73 Å². The highest BCUT2D eigenvalue weighted by molar-refractivity contribution is 6.24. The van der Waals surface area contributed by atoms with E-state index in [-0.39, 0.29) is 0 Å². The van der Waals surface area contributed by atoms with Gasteiger partial charge in [-0.3, -0.25) is 4.98 Å². The van der Waals surface area contributed by atoms with Crippen molar-refractivity contribution >= 4 is 65.9 Å². The van der Waals surface area contributed by atoms with E-state index in [1.165, 1.54) is 32.5 Å². The van der Waals surface area contributed by atoms with E-state index < -0.39 is 6.17 Å². The van der Waals surface area contributed by atoms with Crippen LogP contribution in [-0.2, 0) is 0 Å². The normalized spacial score (nSPS) is 14.7.